The molecule has 3 heteroatoms. The van der Waals surface area contributed by atoms with Crippen molar-refractivity contribution in [2.75, 3.05) is 20.1 Å². The van der Waals surface area contributed by atoms with Gasteiger partial charge in [0, 0.05) is 25.6 Å². The summed E-state index contributed by atoms with van der Waals surface area (Å²) < 4.78 is 0. The smallest absolute Gasteiger partial charge is 0.222 e. The van der Waals surface area contributed by atoms with Crippen molar-refractivity contribution in [1.29, 1.82) is 0 Å². The molecule has 0 saturated heterocycles. The highest BCUT2D eigenvalue weighted by Crippen LogP contribution is 2.00. The SMILES string of the molecule is CCC(=O)N(CCNC)C(C)C. The van der Waals surface area contributed by atoms with Gasteiger partial charge in [0.15, 0.2) is 0 Å². The molecule has 0 spiro atoms. The normalized spacial score (nSPS) is 10.4. The van der Waals surface area contributed by atoms with E-state index in [1.165, 1.54) is 0 Å². The zero-order valence-electron chi connectivity index (χ0n) is 8.55. The lowest BCUT2D eigenvalue weighted by atomic mass is 10.3. The molecule has 0 aromatic heterocycles. The molecule has 0 fully saturated rings. The van der Waals surface area contributed by atoms with Crippen LogP contribution in [0.5, 0.6) is 0 Å². The van der Waals surface area contributed by atoms with Crippen LogP contribution >= 0.6 is 0 Å². The van der Waals surface area contributed by atoms with Gasteiger partial charge in [0.2, 0.25) is 5.91 Å². The molecule has 0 aliphatic heterocycles. The van der Waals surface area contributed by atoms with Crippen molar-refractivity contribution in [3.8, 4) is 0 Å². The van der Waals surface area contributed by atoms with Crippen molar-refractivity contribution >= 4 is 5.91 Å². The number of rotatable bonds is 5. The van der Waals surface area contributed by atoms with Crippen molar-refractivity contribution in [2.45, 2.75) is 33.2 Å². The van der Waals surface area contributed by atoms with Crippen LogP contribution in [0.2, 0.25) is 0 Å². The molecule has 0 heterocycles. The van der Waals surface area contributed by atoms with Gasteiger partial charge >= 0.3 is 0 Å². The number of carbonyl (C=O) groups is 1. The first-order valence-electron chi connectivity index (χ1n) is 4.57. The predicted octanol–water partition coefficient (Wildman–Crippen LogP) is 0.853. The number of amides is 1. The van der Waals surface area contributed by atoms with Gasteiger partial charge in [-0.15, -0.1) is 0 Å². The van der Waals surface area contributed by atoms with Gasteiger partial charge in [-0.2, -0.15) is 0 Å². The van der Waals surface area contributed by atoms with Gasteiger partial charge in [0.25, 0.3) is 0 Å². The Morgan fingerprint density at radius 1 is 1.50 bits per heavy atom. The van der Waals surface area contributed by atoms with Crippen molar-refractivity contribution in [3.05, 3.63) is 0 Å². The van der Waals surface area contributed by atoms with Crippen LogP contribution in [0.1, 0.15) is 27.2 Å². The van der Waals surface area contributed by atoms with E-state index in [1.54, 1.807) is 0 Å². The molecule has 72 valence electrons. The van der Waals surface area contributed by atoms with Crippen LogP contribution in [0.3, 0.4) is 0 Å². The second kappa shape index (κ2) is 6.00. The second-order valence-electron chi connectivity index (χ2n) is 3.14. The van der Waals surface area contributed by atoms with E-state index < -0.39 is 0 Å². The molecule has 12 heavy (non-hydrogen) atoms. The minimum Gasteiger partial charge on any atom is -0.339 e. The summed E-state index contributed by atoms with van der Waals surface area (Å²) in [7, 11) is 1.90. The minimum absolute atomic E-state index is 0.236. The molecule has 0 aliphatic carbocycles. The van der Waals surface area contributed by atoms with Crippen LogP contribution in [0.4, 0.5) is 0 Å². The zero-order valence-corrected chi connectivity index (χ0v) is 8.55. The van der Waals surface area contributed by atoms with Crippen LogP contribution in [0, 0.1) is 0 Å². The number of hydrogen-bond acceptors (Lipinski definition) is 2. The van der Waals surface area contributed by atoms with Crippen molar-refractivity contribution in [2.24, 2.45) is 0 Å². The van der Waals surface area contributed by atoms with Gasteiger partial charge in [-0.1, -0.05) is 6.92 Å². The first-order valence-corrected chi connectivity index (χ1v) is 4.57. The van der Waals surface area contributed by atoms with E-state index in [9.17, 15) is 4.79 Å². The van der Waals surface area contributed by atoms with Gasteiger partial charge in [-0.25, -0.2) is 0 Å². The molecule has 0 bridgehead atoms. The maximum atomic E-state index is 11.4. The van der Waals surface area contributed by atoms with Crippen LogP contribution in [-0.2, 0) is 4.79 Å². The summed E-state index contributed by atoms with van der Waals surface area (Å²) >= 11 is 0. The Morgan fingerprint density at radius 3 is 2.42 bits per heavy atom. The van der Waals surface area contributed by atoms with Gasteiger partial charge in [-0.05, 0) is 20.9 Å². The molecular formula is C9H20N2O. The van der Waals surface area contributed by atoms with Crippen molar-refractivity contribution < 1.29 is 4.79 Å². The summed E-state index contributed by atoms with van der Waals surface area (Å²) in [6, 6.07) is 0.311. The fourth-order valence-corrected chi connectivity index (χ4v) is 1.11. The van der Waals surface area contributed by atoms with Gasteiger partial charge < -0.3 is 10.2 Å². The van der Waals surface area contributed by atoms with Crippen LogP contribution in [0.15, 0.2) is 0 Å². The summed E-state index contributed by atoms with van der Waals surface area (Å²) in [4.78, 5) is 13.3. The predicted molar refractivity (Wildman–Crippen MR) is 51.1 cm³/mol. The van der Waals surface area contributed by atoms with Crippen LogP contribution in [0.25, 0.3) is 0 Å². The average molecular weight is 172 g/mol. The molecule has 1 N–H and O–H groups in total. The Labute approximate surface area is 75.1 Å². The third-order valence-electron chi connectivity index (χ3n) is 1.85. The summed E-state index contributed by atoms with van der Waals surface area (Å²) in [6.45, 7) is 7.66. The Kier molecular flexibility index (Phi) is 5.72. The maximum Gasteiger partial charge on any atom is 0.222 e. The number of nitrogens with zero attached hydrogens (tertiary/aromatic N) is 1. The van der Waals surface area contributed by atoms with E-state index in [0.717, 1.165) is 13.1 Å². The summed E-state index contributed by atoms with van der Waals surface area (Å²) in [5.74, 6) is 0.236. The highest BCUT2D eigenvalue weighted by molar-refractivity contribution is 5.76. The minimum atomic E-state index is 0.236. The molecule has 0 atom stereocenters. The van der Waals surface area contributed by atoms with E-state index >= 15 is 0 Å². The molecule has 1 amide bonds. The lowest BCUT2D eigenvalue weighted by Crippen LogP contribution is -2.40. The highest BCUT2D eigenvalue weighted by Gasteiger charge is 2.13. The molecule has 0 unspecified atom stereocenters. The second-order valence-corrected chi connectivity index (χ2v) is 3.14. The topological polar surface area (TPSA) is 32.3 Å². The Hall–Kier alpha value is -0.570. The van der Waals surface area contributed by atoms with Crippen LogP contribution in [-0.4, -0.2) is 37.0 Å². The molecule has 0 rings (SSSR count). The molecule has 3 nitrogen and oxygen atoms in total. The Morgan fingerprint density at radius 2 is 2.08 bits per heavy atom. The van der Waals surface area contributed by atoms with Crippen LogP contribution < -0.4 is 5.32 Å². The first-order chi connectivity index (χ1) is 5.63. The molecule has 0 aromatic carbocycles. The van der Waals surface area contributed by atoms with E-state index in [4.69, 9.17) is 0 Å². The number of hydrogen-bond donors (Lipinski definition) is 1. The lowest BCUT2D eigenvalue weighted by molar-refractivity contribution is -0.132. The van der Waals surface area contributed by atoms with E-state index in [0.29, 0.717) is 12.5 Å². The highest BCUT2D eigenvalue weighted by atomic mass is 16.2. The molecular weight excluding hydrogens is 152 g/mol. The van der Waals surface area contributed by atoms with Gasteiger partial charge in [0.05, 0.1) is 0 Å². The van der Waals surface area contributed by atoms with Crippen molar-refractivity contribution in [1.82, 2.24) is 10.2 Å². The molecule has 0 aromatic rings. The quantitative estimate of drug-likeness (QED) is 0.667. The fourth-order valence-electron chi connectivity index (χ4n) is 1.11. The van der Waals surface area contributed by atoms with E-state index in [2.05, 4.69) is 5.32 Å². The summed E-state index contributed by atoms with van der Waals surface area (Å²) in [6.07, 6.45) is 0.599. The molecule has 0 radical (unpaired) electrons. The average Bonchev–Trinajstić information content (AvgIpc) is 2.04. The van der Waals surface area contributed by atoms with Crippen molar-refractivity contribution in [3.63, 3.8) is 0 Å². The Bertz CT molecular complexity index is 134. The van der Waals surface area contributed by atoms with Gasteiger partial charge in [-0.3, -0.25) is 4.79 Å². The first kappa shape index (κ1) is 11.4. The number of likely N-dealkylation sites (N-methyl/N-ethyl adjacent to an activating group) is 1. The molecule has 0 aliphatic rings. The summed E-state index contributed by atoms with van der Waals surface area (Å²) in [5, 5.41) is 3.04. The maximum absolute atomic E-state index is 11.4. The Balaban J connectivity index is 3.95. The van der Waals surface area contributed by atoms with Gasteiger partial charge in [0.1, 0.15) is 0 Å². The standard InChI is InChI=1S/C9H20N2O/c1-5-9(12)11(8(2)3)7-6-10-4/h8,10H,5-7H2,1-4H3. The fraction of sp³-hybridized carbons (Fsp3) is 0.889. The summed E-state index contributed by atoms with van der Waals surface area (Å²) in [5.41, 5.74) is 0. The monoisotopic (exact) mass is 172 g/mol. The zero-order chi connectivity index (χ0) is 9.56. The third kappa shape index (κ3) is 3.72. The lowest BCUT2D eigenvalue weighted by Gasteiger charge is -2.26. The van der Waals surface area contributed by atoms with E-state index in [1.807, 2.05) is 32.7 Å². The number of nitrogens with one attached hydrogen (secondary N) is 1. The molecule has 0 saturated carbocycles. The third-order valence-corrected chi connectivity index (χ3v) is 1.85. The largest absolute Gasteiger partial charge is 0.339 e. The van der Waals surface area contributed by atoms with E-state index in [-0.39, 0.29) is 5.91 Å². The number of carbonyl (C=O) groups excluding carboxylic acids is 1.